The molecule has 1 atom stereocenters. The van der Waals surface area contributed by atoms with Gasteiger partial charge in [-0.05, 0) is 20.8 Å². The molecule has 0 aliphatic rings. The highest BCUT2D eigenvalue weighted by molar-refractivity contribution is 6.92. The fourth-order valence-electron chi connectivity index (χ4n) is 0.609. The standard InChI is InChI=1S/C6H12O2.H3P/c1-5(7)4-6(2,3)8;/h8H,4H2,1-3H3;1H3. The summed E-state index contributed by atoms with van der Waals surface area (Å²) in [6.07, 6.45) is 0.243. The predicted molar refractivity (Wildman–Crippen MR) is 42.7 cm³/mol. The summed E-state index contributed by atoms with van der Waals surface area (Å²) >= 11 is 0. The van der Waals surface area contributed by atoms with E-state index in [0.717, 1.165) is 0 Å². The molecule has 0 aromatic carbocycles. The van der Waals surface area contributed by atoms with Crippen LogP contribution in [0, 0.1) is 0 Å². The van der Waals surface area contributed by atoms with Gasteiger partial charge >= 0.3 is 0 Å². The number of Topliss-reactive ketones (excluding diaryl/α,β-unsaturated/α-hetero) is 1. The van der Waals surface area contributed by atoms with Gasteiger partial charge in [0.15, 0.2) is 0 Å². The zero-order valence-corrected chi connectivity index (χ0v) is 7.68. The number of carbonyl (C=O) groups excluding carboxylic acids is 1. The van der Waals surface area contributed by atoms with E-state index in [9.17, 15) is 4.79 Å². The maximum atomic E-state index is 10.3. The molecule has 0 rings (SSSR count). The quantitative estimate of drug-likeness (QED) is 0.591. The van der Waals surface area contributed by atoms with Crippen LogP contribution in [0.4, 0.5) is 0 Å². The average Bonchev–Trinajstić information content (AvgIpc) is 1.21. The lowest BCUT2D eigenvalue weighted by Gasteiger charge is -2.13. The van der Waals surface area contributed by atoms with Crippen molar-refractivity contribution in [1.82, 2.24) is 0 Å². The lowest BCUT2D eigenvalue weighted by Crippen LogP contribution is -2.21. The first-order valence-electron chi connectivity index (χ1n) is 2.63. The molecule has 9 heavy (non-hydrogen) atoms. The van der Waals surface area contributed by atoms with Crippen molar-refractivity contribution in [3.8, 4) is 0 Å². The normalized spacial score (nSPS) is 10.2. The largest absolute Gasteiger partial charge is 0.390 e. The predicted octanol–water partition coefficient (Wildman–Crippen LogP) is 0.794. The molecule has 0 spiro atoms. The molecule has 0 aliphatic heterocycles. The molecule has 3 heteroatoms. The maximum absolute atomic E-state index is 10.3. The van der Waals surface area contributed by atoms with Crippen molar-refractivity contribution in [3.63, 3.8) is 0 Å². The van der Waals surface area contributed by atoms with Gasteiger partial charge < -0.3 is 5.11 Å². The van der Waals surface area contributed by atoms with Crippen molar-refractivity contribution in [2.75, 3.05) is 0 Å². The van der Waals surface area contributed by atoms with Gasteiger partial charge in [0.25, 0.3) is 0 Å². The third-order valence-corrected chi connectivity index (χ3v) is 0.682. The topological polar surface area (TPSA) is 37.3 Å². The summed E-state index contributed by atoms with van der Waals surface area (Å²) in [5, 5.41) is 8.97. The van der Waals surface area contributed by atoms with Crippen LogP contribution in [0.15, 0.2) is 0 Å². The number of ketones is 1. The van der Waals surface area contributed by atoms with E-state index in [1.807, 2.05) is 0 Å². The van der Waals surface area contributed by atoms with Gasteiger partial charge in [-0.25, -0.2) is 0 Å². The van der Waals surface area contributed by atoms with Crippen LogP contribution in [-0.4, -0.2) is 16.5 Å². The van der Waals surface area contributed by atoms with E-state index in [1.165, 1.54) is 6.92 Å². The minimum absolute atomic E-state index is 0. The molecule has 0 aromatic heterocycles. The summed E-state index contributed by atoms with van der Waals surface area (Å²) in [6.45, 7) is 4.71. The molecule has 56 valence electrons. The molecule has 2 nitrogen and oxygen atoms in total. The second-order valence-corrected chi connectivity index (χ2v) is 2.69. The Hall–Kier alpha value is 0.0600. The molecule has 0 aromatic rings. The maximum Gasteiger partial charge on any atom is 0.132 e. The number of aliphatic hydroxyl groups is 1. The van der Waals surface area contributed by atoms with Crippen LogP contribution in [-0.2, 0) is 4.79 Å². The van der Waals surface area contributed by atoms with Crippen LogP contribution in [0.25, 0.3) is 0 Å². The molecule has 0 fully saturated rings. The summed E-state index contributed by atoms with van der Waals surface area (Å²) in [5.74, 6) is 0.0255. The molecular formula is C6H15O2P. The van der Waals surface area contributed by atoms with Crippen LogP contribution in [0.2, 0.25) is 0 Å². The van der Waals surface area contributed by atoms with Crippen molar-refractivity contribution in [1.29, 1.82) is 0 Å². The Morgan fingerprint density at radius 3 is 1.89 bits per heavy atom. The summed E-state index contributed by atoms with van der Waals surface area (Å²) in [6, 6.07) is 0. The van der Waals surface area contributed by atoms with Crippen molar-refractivity contribution in [2.45, 2.75) is 32.8 Å². The summed E-state index contributed by atoms with van der Waals surface area (Å²) in [5.41, 5.74) is -0.828. The van der Waals surface area contributed by atoms with E-state index >= 15 is 0 Å². The van der Waals surface area contributed by atoms with Crippen molar-refractivity contribution >= 4 is 15.7 Å². The van der Waals surface area contributed by atoms with E-state index in [4.69, 9.17) is 5.11 Å². The van der Waals surface area contributed by atoms with Gasteiger partial charge in [-0.1, -0.05) is 0 Å². The minimum atomic E-state index is -0.828. The Labute approximate surface area is 59.3 Å². The molecule has 0 amide bonds. The van der Waals surface area contributed by atoms with Gasteiger partial charge in [0.1, 0.15) is 5.78 Å². The molecule has 0 heterocycles. The molecule has 0 saturated carbocycles. The van der Waals surface area contributed by atoms with Crippen LogP contribution in [0.5, 0.6) is 0 Å². The third kappa shape index (κ3) is 11.6. The van der Waals surface area contributed by atoms with Crippen molar-refractivity contribution < 1.29 is 9.90 Å². The molecular weight excluding hydrogens is 135 g/mol. The highest BCUT2D eigenvalue weighted by Crippen LogP contribution is 2.06. The minimum Gasteiger partial charge on any atom is -0.390 e. The molecule has 0 aliphatic carbocycles. The number of rotatable bonds is 2. The number of hydrogen-bond donors (Lipinski definition) is 1. The van der Waals surface area contributed by atoms with E-state index in [0.29, 0.717) is 0 Å². The molecule has 1 unspecified atom stereocenters. The van der Waals surface area contributed by atoms with Crippen LogP contribution in [0.1, 0.15) is 27.2 Å². The zero-order valence-electron chi connectivity index (χ0n) is 6.27. The molecule has 0 saturated heterocycles. The molecule has 0 bridgehead atoms. The lowest BCUT2D eigenvalue weighted by molar-refractivity contribution is -0.120. The Morgan fingerprint density at radius 2 is 1.89 bits per heavy atom. The summed E-state index contributed by atoms with van der Waals surface area (Å²) < 4.78 is 0. The van der Waals surface area contributed by atoms with E-state index in [2.05, 4.69) is 0 Å². The van der Waals surface area contributed by atoms with Crippen LogP contribution >= 0.6 is 9.90 Å². The van der Waals surface area contributed by atoms with Crippen LogP contribution in [0.3, 0.4) is 0 Å². The fraction of sp³-hybridized carbons (Fsp3) is 0.833. The van der Waals surface area contributed by atoms with E-state index in [1.54, 1.807) is 13.8 Å². The monoisotopic (exact) mass is 150 g/mol. The first kappa shape index (κ1) is 11.8. The first-order valence-corrected chi connectivity index (χ1v) is 2.63. The van der Waals surface area contributed by atoms with Crippen LogP contribution < -0.4 is 0 Å². The Balaban J connectivity index is 0. The average molecular weight is 150 g/mol. The fourth-order valence-corrected chi connectivity index (χ4v) is 0.609. The van der Waals surface area contributed by atoms with E-state index < -0.39 is 5.60 Å². The number of hydrogen-bond acceptors (Lipinski definition) is 2. The van der Waals surface area contributed by atoms with Crippen molar-refractivity contribution in [3.05, 3.63) is 0 Å². The van der Waals surface area contributed by atoms with Crippen molar-refractivity contribution in [2.24, 2.45) is 0 Å². The Bertz CT molecular complexity index is 93.7. The highest BCUT2D eigenvalue weighted by atomic mass is 31.0. The second kappa shape index (κ2) is 3.97. The third-order valence-electron chi connectivity index (χ3n) is 0.682. The smallest absolute Gasteiger partial charge is 0.132 e. The van der Waals surface area contributed by atoms with Gasteiger partial charge in [0.05, 0.1) is 5.60 Å². The lowest BCUT2D eigenvalue weighted by atomic mass is 10.0. The van der Waals surface area contributed by atoms with Gasteiger partial charge in [-0.3, -0.25) is 4.79 Å². The van der Waals surface area contributed by atoms with E-state index in [-0.39, 0.29) is 22.1 Å². The first-order chi connectivity index (χ1) is 3.42. The Kier molecular flexibility index (Phi) is 5.21. The summed E-state index contributed by atoms with van der Waals surface area (Å²) in [4.78, 5) is 10.3. The Morgan fingerprint density at radius 1 is 1.56 bits per heavy atom. The zero-order chi connectivity index (χ0) is 6.78. The highest BCUT2D eigenvalue weighted by Gasteiger charge is 2.13. The second-order valence-electron chi connectivity index (χ2n) is 2.69. The number of carbonyl (C=O) groups is 1. The van der Waals surface area contributed by atoms with Gasteiger partial charge in [-0.15, -0.1) is 0 Å². The van der Waals surface area contributed by atoms with Gasteiger partial charge in [-0.2, -0.15) is 9.90 Å². The van der Waals surface area contributed by atoms with Gasteiger partial charge in [0.2, 0.25) is 0 Å². The van der Waals surface area contributed by atoms with Gasteiger partial charge in [0, 0.05) is 6.42 Å². The summed E-state index contributed by atoms with van der Waals surface area (Å²) in [7, 11) is 0. The molecule has 1 N–H and O–H groups in total. The SMILES string of the molecule is CC(=O)CC(C)(C)O.P. The molecule has 0 radical (unpaired) electrons.